The van der Waals surface area contributed by atoms with Gasteiger partial charge in [0.05, 0.1) is 24.2 Å². The van der Waals surface area contributed by atoms with E-state index in [2.05, 4.69) is 31.7 Å². The van der Waals surface area contributed by atoms with E-state index in [1.54, 1.807) is 4.57 Å². The van der Waals surface area contributed by atoms with Gasteiger partial charge >= 0.3 is 0 Å². The molecule has 1 atom stereocenters. The fourth-order valence-electron chi connectivity index (χ4n) is 3.66. The highest BCUT2D eigenvalue weighted by Crippen LogP contribution is 2.23. The summed E-state index contributed by atoms with van der Waals surface area (Å²) in [6.07, 6.45) is 18.9. The van der Waals surface area contributed by atoms with Crippen LogP contribution in [0, 0.1) is 24.2 Å². The Balaban J connectivity index is 2.28. The van der Waals surface area contributed by atoms with E-state index < -0.39 is 0 Å². The molecular formula is C27H33N3O. The molecule has 31 heavy (non-hydrogen) atoms. The molecule has 1 heterocycles. The Morgan fingerprint density at radius 3 is 2.71 bits per heavy atom. The van der Waals surface area contributed by atoms with Crippen molar-refractivity contribution in [1.29, 1.82) is 5.26 Å². The number of allylic oxidation sites excluding steroid dienone is 11. The molecule has 0 fully saturated rings. The van der Waals surface area contributed by atoms with Gasteiger partial charge in [-0.15, -0.1) is 0 Å². The number of hydrogen-bond donors (Lipinski definition) is 0. The summed E-state index contributed by atoms with van der Waals surface area (Å²) in [5, 5.41) is 9.45. The van der Waals surface area contributed by atoms with Gasteiger partial charge in [0.2, 0.25) is 0 Å². The third kappa shape index (κ3) is 6.15. The van der Waals surface area contributed by atoms with Crippen LogP contribution in [0.15, 0.2) is 76.7 Å². The smallest absolute Gasteiger partial charge is 0.256 e. The van der Waals surface area contributed by atoms with Crippen molar-refractivity contribution in [1.82, 2.24) is 9.55 Å². The lowest BCUT2D eigenvalue weighted by atomic mass is 9.93. The second-order valence-electron chi connectivity index (χ2n) is 7.70. The summed E-state index contributed by atoms with van der Waals surface area (Å²) in [6, 6.07) is 2.34. The average Bonchev–Trinajstić information content (AvgIpc) is 3.03. The fourth-order valence-corrected chi connectivity index (χ4v) is 3.66. The van der Waals surface area contributed by atoms with Crippen molar-refractivity contribution >= 4 is 0 Å². The molecule has 0 amide bonds. The van der Waals surface area contributed by atoms with Gasteiger partial charge < -0.3 is 0 Å². The monoisotopic (exact) mass is 415 g/mol. The van der Waals surface area contributed by atoms with Crippen LogP contribution in [0.1, 0.15) is 50.7 Å². The van der Waals surface area contributed by atoms with Crippen LogP contribution in [0.3, 0.4) is 0 Å². The van der Waals surface area contributed by atoms with E-state index in [1.165, 1.54) is 0 Å². The molecule has 4 heteroatoms. The molecule has 1 aromatic heterocycles. The first kappa shape index (κ1) is 24.1. The zero-order chi connectivity index (χ0) is 22.8. The highest BCUT2D eigenvalue weighted by Gasteiger charge is 2.14. The predicted molar refractivity (Wildman–Crippen MR) is 129 cm³/mol. The Morgan fingerprint density at radius 1 is 1.29 bits per heavy atom. The zero-order valence-electron chi connectivity index (χ0n) is 19.2. The van der Waals surface area contributed by atoms with E-state index in [0.717, 1.165) is 53.1 Å². The van der Waals surface area contributed by atoms with Crippen molar-refractivity contribution in [2.24, 2.45) is 5.92 Å². The lowest BCUT2D eigenvalue weighted by Gasteiger charge is -2.15. The van der Waals surface area contributed by atoms with E-state index >= 15 is 0 Å². The van der Waals surface area contributed by atoms with Gasteiger partial charge in [-0.3, -0.25) is 9.36 Å². The van der Waals surface area contributed by atoms with Crippen LogP contribution < -0.4 is 5.56 Å². The van der Waals surface area contributed by atoms with Gasteiger partial charge in [0.25, 0.3) is 5.56 Å². The minimum atomic E-state index is -0.240. The second-order valence-corrected chi connectivity index (χ2v) is 7.70. The van der Waals surface area contributed by atoms with Crippen molar-refractivity contribution in [2.75, 3.05) is 0 Å². The maximum Gasteiger partial charge on any atom is 0.256 e. The summed E-state index contributed by atoms with van der Waals surface area (Å²) in [5.41, 5.74) is 4.73. The Bertz CT molecular complexity index is 1060. The molecule has 0 spiro atoms. The lowest BCUT2D eigenvalue weighted by molar-refractivity contribution is 0.637. The standard InChI is InChI=1S/C27H33N3O/c1-6-13-26-29-25(8-3)21(5)27(31)30(26)19-22(7-2)15-12-14-20(4)24-17-11-9-10-16-23(24)18-28/h7,9-11,14-17,23H,2,6,8,12-13,19H2,1,3-5H3/b20-14+,22-15+. The van der Waals surface area contributed by atoms with Crippen molar-refractivity contribution in [3.05, 3.63) is 99.3 Å². The summed E-state index contributed by atoms with van der Waals surface area (Å²) in [7, 11) is 0. The van der Waals surface area contributed by atoms with Gasteiger partial charge in [-0.2, -0.15) is 5.26 Å². The van der Waals surface area contributed by atoms with Crippen LogP contribution in [-0.4, -0.2) is 9.55 Å². The van der Waals surface area contributed by atoms with Gasteiger partial charge in [-0.25, -0.2) is 4.98 Å². The first-order valence-electron chi connectivity index (χ1n) is 11.0. The Kier molecular flexibility index (Phi) is 9.21. The molecule has 0 radical (unpaired) electrons. The molecular weight excluding hydrogens is 382 g/mol. The molecule has 1 aliphatic carbocycles. The molecule has 0 aromatic carbocycles. The highest BCUT2D eigenvalue weighted by atomic mass is 16.1. The van der Waals surface area contributed by atoms with E-state index in [1.807, 2.05) is 57.2 Å². The molecule has 1 aliphatic rings. The molecule has 162 valence electrons. The third-order valence-corrected chi connectivity index (χ3v) is 5.52. The van der Waals surface area contributed by atoms with Crippen molar-refractivity contribution in [2.45, 2.75) is 59.9 Å². The van der Waals surface area contributed by atoms with Crippen LogP contribution in [0.5, 0.6) is 0 Å². The SMILES string of the molecule is C=C/C(=C\C/C=C(\C)C1=CC=CC=CC1C#N)Cn1c(CCC)nc(CC)c(C)c1=O. The molecule has 0 saturated heterocycles. The largest absolute Gasteiger partial charge is 0.292 e. The number of aromatic nitrogens is 2. The quantitative estimate of drug-likeness (QED) is 0.486. The minimum Gasteiger partial charge on any atom is -0.292 e. The molecule has 1 unspecified atom stereocenters. The second kappa shape index (κ2) is 11.9. The van der Waals surface area contributed by atoms with E-state index in [-0.39, 0.29) is 11.5 Å². The van der Waals surface area contributed by atoms with Gasteiger partial charge in [-0.05, 0) is 49.8 Å². The maximum atomic E-state index is 13.0. The lowest BCUT2D eigenvalue weighted by Crippen LogP contribution is -2.29. The molecule has 4 nitrogen and oxygen atoms in total. The Morgan fingerprint density at radius 2 is 2.06 bits per heavy atom. The molecule has 1 aromatic rings. The number of nitrogens with zero attached hydrogens (tertiary/aromatic N) is 3. The van der Waals surface area contributed by atoms with Gasteiger partial charge in [0, 0.05) is 12.0 Å². The van der Waals surface area contributed by atoms with E-state index in [4.69, 9.17) is 4.98 Å². The molecule has 0 saturated carbocycles. The Hall–Kier alpha value is -3.19. The van der Waals surface area contributed by atoms with E-state index in [0.29, 0.717) is 13.0 Å². The summed E-state index contributed by atoms with van der Waals surface area (Å²) < 4.78 is 1.79. The molecule has 0 aliphatic heterocycles. The highest BCUT2D eigenvalue weighted by molar-refractivity contribution is 5.42. The first-order valence-corrected chi connectivity index (χ1v) is 11.0. The number of aryl methyl sites for hydroxylation is 2. The number of rotatable bonds is 9. The zero-order valence-corrected chi connectivity index (χ0v) is 19.2. The minimum absolute atomic E-state index is 0.0359. The van der Waals surface area contributed by atoms with Crippen molar-refractivity contribution < 1.29 is 0 Å². The van der Waals surface area contributed by atoms with Crippen LogP contribution in [-0.2, 0) is 19.4 Å². The van der Waals surface area contributed by atoms with Crippen LogP contribution in [0.4, 0.5) is 0 Å². The molecule has 2 rings (SSSR count). The third-order valence-electron chi connectivity index (χ3n) is 5.52. The van der Waals surface area contributed by atoms with Gasteiger partial charge in [0.1, 0.15) is 5.82 Å². The summed E-state index contributed by atoms with van der Waals surface area (Å²) in [4.78, 5) is 17.7. The summed E-state index contributed by atoms with van der Waals surface area (Å²) in [5.74, 6) is 0.601. The predicted octanol–water partition coefficient (Wildman–Crippen LogP) is 5.71. The van der Waals surface area contributed by atoms with Gasteiger partial charge in [-0.1, -0.05) is 69.0 Å². The topological polar surface area (TPSA) is 58.7 Å². The maximum absolute atomic E-state index is 13.0. The average molecular weight is 416 g/mol. The van der Waals surface area contributed by atoms with Crippen LogP contribution >= 0.6 is 0 Å². The van der Waals surface area contributed by atoms with Gasteiger partial charge in [0.15, 0.2) is 0 Å². The normalized spacial score (nSPS) is 16.6. The summed E-state index contributed by atoms with van der Waals surface area (Å²) >= 11 is 0. The van der Waals surface area contributed by atoms with Crippen molar-refractivity contribution in [3.63, 3.8) is 0 Å². The number of nitriles is 1. The first-order chi connectivity index (χ1) is 15.0. The Labute approximate surface area is 186 Å². The fraction of sp³-hybridized carbons (Fsp3) is 0.370. The van der Waals surface area contributed by atoms with Crippen LogP contribution in [0.25, 0.3) is 0 Å². The van der Waals surface area contributed by atoms with Crippen LogP contribution in [0.2, 0.25) is 0 Å². The van der Waals surface area contributed by atoms with E-state index in [9.17, 15) is 10.1 Å². The molecule has 0 bridgehead atoms. The van der Waals surface area contributed by atoms with Crippen molar-refractivity contribution in [3.8, 4) is 6.07 Å². The molecule has 0 N–H and O–H groups in total. The summed E-state index contributed by atoms with van der Waals surface area (Å²) in [6.45, 7) is 12.4. The number of hydrogen-bond acceptors (Lipinski definition) is 3.